The second-order valence-electron chi connectivity index (χ2n) is 9.72. The van der Waals surface area contributed by atoms with Crippen molar-refractivity contribution in [3.05, 3.63) is 53.1 Å². The average molecular weight is 444 g/mol. The Bertz CT molecular complexity index is 1060. The number of aliphatic imine (C=N–C) groups is 1. The second kappa shape index (κ2) is 8.81. The number of halogens is 1. The van der Waals surface area contributed by atoms with E-state index in [1.807, 2.05) is 41.1 Å². The highest BCUT2D eigenvalue weighted by Gasteiger charge is 2.32. The molecule has 0 radical (unpaired) electrons. The molecular weight excluding hydrogens is 412 g/mol. The van der Waals surface area contributed by atoms with Crippen molar-refractivity contribution in [3.63, 3.8) is 0 Å². The van der Waals surface area contributed by atoms with Gasteiger partial charge in [0.1, 0.15) is 18.4 Å². The standard InChI is InChI=1S/C24H30N4O2.ClH/c1-23(2,3)16-11-15(22(30)17(12-16)24(4,5)6)14-28-19-10-8-7-9-18(19)26-20(28)13-21(29)27-25;/h7-12,14H,13,25H2,1-6H3,(H,27,29);1H/p+1. The maximum absolute atomic E-state index is 11.9. The number of nitrogens with one attached hydrogen (secondary N) is 1. The number of aromatic hydroxyl groups is 1. The molecule has 0 bridgehead atoms. The number of benzene rings is 2. The number of para-hydroxylation sites is 2. The van der Waals surface area contributed by atoms with E-state index in [4.69, 9.17) is 5.84 Å². The van der Waals surface area contributed by atoms with Gasteiger partial charge in [0.25, 0.3) is 0 Å². The number of phenols is 1. The molecule has 1 amide bonds. The van der Waals surface area contributed by atoms with Crippen LogP contribution in [0.1, 0.15) is 64.7 Å². The monoisotopic (exact) mass is 443 g/mol. The predicted octanol–water partition coefficient (Wildman–Crippen LogP) is 4.60. The molecule has 3 rings (SSSR count). The summed E-state index contributed by atoms with van der Waals surface area (Å²) >= 11 is 0. The quantitative estimate of drug-likeness (QED) is 0.280. The van der Waals surface area contributed by atoms with Crippen LogP contribution in [0.2, 0.25) is 0 Å². The van der Waals surface area contributed by atoms with Crippen LogP contribution in [0.15, 0.2) is 41.4 Å². The molecule has 0 fully saturated rings. The number of carbonyl (C=O) groups excluding carboxylic acids is 1. The van der Waals surface area contributed by atoms with Gasteiger partial charge in [0.2, 0.25) is 11.6 Å². The minimum absolute atomic E-state index is 0. The fourth-order valence-corrected chi connectivity index (χ4v) is 3.46. The third kappa shape index (κ3) is 5.14. The van der Waals surface area contributed by atoms with E-state index in [-0.39, 0.29) is 41.3 Å². The van der Waals surface area contributed by atoms with E-state index in [0.29, 0.717) is 11.4 Å². The van der Waals surface area contributed by atoms with E-state index >= 15 is 0 Å². The number of amides is 1. The van der Waals surface area contributed by atoms with Crippen molar-refractivity contribution in [2.75, 3.05) is 0 Å². The Kier molecular flexibility index (Phi) is 6.98. The van der Waals surface area contributed by atoms with Crippen LogP contribution in [0.25, 0.3) is 0 Å². The molecular formula is C24H32ClN4O2+. The van der Waals surface area contributed by atoms with Crippen LogP contribution in [0.5, 0.6) is 5.75 Å². The van der Waals surface area contributed by atoms with E-state index in [1.165, 1.54) is 0 Å². The molecule has 1 aliphatic rings. The van der Waals surface area contributed by atoms with Gasteiger partial charge in [0.05, 0.1) is 5.56 Å². The number of hydrogen-bond acceptors (Lipinski definition) is 4. The minimum atomic E-state index is -0.331. The number of carbonyl (C=O) groups is 1. The first-order chi connectivity index (χ1) is 13.9. The smallest absolute Gasteiger partial charge is 0.314 e. The van der Waals surface area contributed by atoms with Crippen LogP contribution in [-0.4, -0.2) is 27.6 Å². The Balaban J connectivity index is 0.00000341. The Labute approximate surface area is 190 Å². The van der Waals surface area contributed by atoms with Gasteiger partial charge in [0, 0.05) is 5.56 Å². The summed E-state index contributed by atoms with van der Waals surface area (Å²) in [6, 6.07) is 11.8. The van der Waals surface area contributed by atoms with Gasteiger partial charge in [0.15, 0.2) is 5.69 Å². The first-order valence-corrected chi connectivity index (χ1v) is 10.1. The largest absolute Gasteiger partial charge is 0.507 e. The molecule has 0 saturated carbocycles. The summed E-state index contributed by atoms with van der Waals surface area (Å²) in [7, 11) is 0. The summed E-state index contributed by atoms with van der Waals surface area (Å²) in [4.78, 5) is 16.6. The van der Waals surface area contributed by atoms with Crippen molar-refractivity contribution >= 4 is 41.7 Å². The first-order valence-electron chi connectivity index (χ1n) is 10.1. The van der Waals surface area contributed by atoms with Crippen LogP contribution in [0, 0.1) is 0 Å². The Morgan fingerprint density at radius 1 is 1.13 bits per heavy atom. The third-order valence-corrected chi connectivity index (χ3v) is 5.23. The SMILES string of the molecule is CC(C)(C)c1cc(C=[N+]2C(CC(=O)NN)=Nc3ccccc32)c(O)c(C(C)(C)C)c1.Cl. The lowest BCUT2D eigenvalue weighted by Gasteiger charge is -2.26. The lowest BCUT2D eigenvalue weighted by Crippen LogP contribution is -2.33. The number of amidine groups is 1. The number of hydrogen-bond donors (Lipinski definition) is 3. The molecule has 6 nitrogen and oxygen atoms in total. The Hall–Kier alpha value is -2.70. The molecule has 4 N–H and O–H groups in total. The fourth-order valence-electron chi connectivity index (χ4n) is 3.46. The zero-order chi connectivity index (χ0) is 22.3. The first kappa shape index (κ1) is 24.6. The van der Waals surface area contributed by atoms with Gasteiger partial charge >= 0.3 is 5.84 Å². The molecule has 1 heterocycles. The zero-order valence-electron chi connectivity index (χ0n) is 19.0. The van der Waals surface area contributed by atoms with Gasteiger partial charge in [-0.15, -0.1) is 12.4 Å². The molecule has 0 atom stereocenters. The van der Waals surface area contributed by atoms with Gasteiger partial charge < -0.3 is 5.11 Å². The topological polar surface area (TPSA) is 90.7 Å². The van der Waals surface area contributed by atoms with Crippen LogP contribution in [0.4, 0.5) is 11.4 Å². The van der Waals surface area contributed by atoms with Gasteiger partial charge in [-0.2, -0.15) is 4.58 Å². The Morgan fingerprint density at radius 2 is 1.77 bits per heavy atom. The third-order valence-electron chi connectivity index (χ3n) is 5.23. The number of nitrogens with two attached hydrogens (primary N) is 1. The second-order valence-corrected chi connectivity index (χ2v) is 9.72. The number of nitrogens with zero attached hydrogens (tertiary/aromatic N) is 2. The molecule has 0 aromatic heterocycles. The van der Waals surface area contributed by atoms with Crippen molar-refractivity contribution in [2.24, 2.45) is 10.8 Å². The van der Waals surface area contributed by atoms with E-state index in [0.717, 1.165) is 22.5 Å². The summed E-state index contributed by atoms with van der Waals surface area (Å²) in [5.74, 6) is 5.75. The van der Waals surface area contributed by atoms with Crippen LogP contribution < -0.4 is 11.3 Å². The molecule has 7 heteroatoms. The van der Waals surface area contributed by atoms with Gasteiger partial charge in [-0.3, -0.25) is 10.2 Å². The number of hydrazine groups is 1. The van der Waals surface area contributed by atoms with Crippen molar-refractivity contribution in [2.45, 2.75) is 58.8 Å². The number of fused-ring (bicyclic) bond motifs is 1. The normalized spacial score (nSPS) is 14.7. The highest BCUT2D eigenvalue weighted by molar-refractivity contribution is 6.02. The predicted molar refractivity (Wildman–Crippen MR) is 128 cm³/mol. The van der Waals surface area contributed by atoms with Crippen LogP contribution >= 0.6 is 12.4 Å². The van der Waals surface area contributed by atoms with E-state index in [2.05, 4.69) is 58.0 Å². The molecule has 0 unspecified atom stereocenters. The summed E-state index contributed by atoms with van der Waals surface area (Å²) < 4.78 is 1.86. The maximum atomic E-state index is 11.9. The van der Waals surface area contributed by atoms with Gasteiger partial charge in [-0.25, -0.2) is 5.84 Å². The highest BCUT2D eigenvalue weighted by atomic mass is 35.5. The average Bonchev–Trinajstić information content (AvgIpc) is 2.98. The lowest BCUT2D eigenvalue weighted by atomic mass is 9.79. The molecule has 166 valence electrons. The molecule has 31 heavy (non-hydrogen) atoms. The maximum Gasteiger partial charge on any atom is 0.314 e. The van der Waals surface area contributed by atoms with Crippen LogP contribution in [-0.2, 0) is 15.6 Å². The van der Waals surface area contributed by atoms with Crippen molar-refractivity contribution < 1.29 is 14.5 Å². The lowest BCUT2D eigenvalue weighted by molar-refractivity contribution is -0.296. The summed E-state index contributed by atoms with van der Waals surface area (Å²) in [5, 5.41) is 11.1. The van der Waals surface area contributed by atoms with Gasteiger partial charge in [-0.1, -0.05) is 59.7 Å². The minimum Gasteiger partial charge on any atom is -0.507 e. The van der Waals surface area contributed by atoms with Gasteiger partial charge in [-0.05, 0) is 39.6 Å². The van der Waals surface area contributed by atoms with Crippen molar-refractivity contribution in [1.29, 1.82) is 0 Å². The fraction of sp³-hybridized carbons (Fsp3) is 0.375. The summed E-state index contributed by atoms with van der Waals surface area (Å²) in [6.45, 7) is 12.7. The zero-order valence-corrected chi connectivity index (χ0v) is 19.8. The Morgan fingerprint density at radius 3 is 2.35 bits per heavy atom. The molecule has 2 aromatic carbocycles. The summed E-state index contributed by atoms with van der Waals surface area (Å²) in [5.41, 5.74) is 6.17. The molecule has 0 spiro atoms. The van der Waals surface area contributed by atoms with Crippen LogP contribution in [0.3, 0.4) is 0 Å². The molecule has 0 aliphatic carbocycles. The van der Waals surface area contributed by atoms with E-state index < -0.39 is 0 Å². The molecule has 1 aliphatic heterocycles. The number of rotatable bonds is 3. The molecule has 2 aromatic rings. The van der Waals surface area contributed by atoms with E-state index in [9.17, 15) is 9.90 Å². The number of phenolic OH excluding ortho intramolecular Hbond substituents is 1. The van der Waals surface area contributed by atoms with E-state index in [1.54, 1.807) is 0 Å². The highest BCUT2D eigenvalue weighted by Crippen LogP contribution is 2.38. The summed E-state index contributed by atoms with van der Waals surface area (Å²) in [6.07, 6.45) is 1.89. The van der Waals surface area contributed by atoms with Crippen molar-refractivity contribution in [1.82, 2.24) is 5.43 Å². The molecule has 0 saturated heterocycles. The van der Waals surface area contributed by atoms with Crippen molar-refractivity contribution in [3.8, 4) is 5.75 Å².